The number of aliphatic carboxylic acids is 1. The Morgan fingerprint density at radius 1 is 1.45 bits per heavy atom. The summed E-state index contributed by atoms with van der Waals surface area (Å²) in [5, 5.41) is 18.8. The van der Waals surface area contributed by atoms with Gasteiger partial charge in [0.2, 0.25) is 0 Å². The number of anilines is 1. The van der Waals surface area contributed by atoms with Gasteiger partial charge in [-0.15, -0.1) is 0 Å². The second-order valence-corrected chi connectivity index (χ2v) is 4.57. The van der Waals surface area contributed by atoms with E-state index in [1.165, 1.54) is 0 Å². The quantitative estimate of drug-likeness (QED) is 0.901. The number of fused-ring (bicyclic) bond motifs is 1. The molecule has 5 nitrogen and oxygen atoms in total. The summed E-state index contributed by atoms with van der Waals surface area (Å²) in [6.45, 7) is 0.578. The Bertz CT molecular complexity index is 676. The number of rotatable bonds is 5. The standard InChI is InChI=1S/C15H15N3O2/c1-18(8-4-7-14(19)20)15-11(9-16)10-17-13-6-3-2-5-12(13)15/h2-3,5-6,10H,4,7-8H2,1H3,(H,19,20). The molecule has 2 aromatic rings. The number of hydrogen-bond donors (Lipinski definition) is 1. The average molecular weight is 269 g/mol. The maximum Gasteiger partial charge on any atom is 0.303 e. The van der Waals surface area contributed by atoms with E-state index in [0.717, 1.165) is 16.6 Å². The fourth-order valence-electron chi connectivity index (χ4n) is 2.20. The van der Waals surface area contributed by atoms with E-state index >= 15 is 0 Å². The molecular weight excluding hydrogens is 254 g/mol. The summed E-state index contributed by atoms with van der Waals surface area (Å²) in [5.74, 6) is -0.807. The molecule has 0 spiro atoms. The smallest absolute Gasteiger partial charge is 0.303 e. The van der Waals surface area contributed by atoms with E-state index in [1.807, 2.05) is 36.2 Å². The minimum Gasteiger partial charge on any atom is -0.481 e. The maximum absolute atomic E-state index is 10.6. The molecule has 1 aromatic heterocycles. The Hall–Kier alpha value is -2.61. The number of benzene rings is 1. The molecule has 0 atom stereocenters. The van der Waals surface area contributed by atoms with E-state index in [9.17, 15) is 10.1 Å². The van der Waals surface area contributed by atoms with Crippen LogP contribution in [0.1, 0.15) is 18.4 Å². The Morgan fingerprint density at radius 2 is 2.20 bits per heavy atom. The lowest BCUT2D eigenvalue weighted by molar-refractivity contribution is -0.137. The predicted octanol–water partition coefficient (Wildman–Crippen LogP) is 2.41. The van der Waals surface area contributed by atoms with Gasteiger partial charge in [-0.3, -0.25) is 9.78 Å². The number of nitriles is 1. The van der Waals surface area contributed by atoms with Crippen molar-refractivity contribution < 1.29 is 9.90 Å². The van der Waals surface area contributed by atoms with Gasteiger partial charge < -0.3 is 10.0 Å². The van der Waals surface area contributed by atoms with Crippen molar-refractivity contribution >= 4 is 22.6 Å². The molecule has 0 aliphatic heterocycles. The molecule has 102 valence electrons. The zero-order chi connectivity index (χ0) is 14.5. The average Bonchev–Trinajstić information content (AvgIpc) is 2.45. The van der Waals surface area contributed by atoms with Crippen LogP contribution in [0.25, 0.3) is 10.9 Å². The molecule has 0 saturated carbocycles. The Morgan fingerprint density at radius 3 is 2.90 bits per heavy atom. The number of carboxylic acid groups (broad SMARTS) is 1. The van der Waals surface area contributed by atoms with Crippen molar-refractivity contribution in [2.75, 3.05) is 18.5 Å². The van der Waals surface area contributed by atoms with Gasteiger partial charge in [-0.25, -0.2) is 0 Å². The van der Waals surface area contributed by atoms with Crippen LogP contribution in [-0.4, -0.2) is 29.7 Å². The zero-order valence-electron chi connectivity index (χ0n) is 11.2. The highest BCUT2D eigenvalue weighted by Crippen LogP contribution is 2.28. The summed E-state index contributed by atoms with van der Waals surface area (Å²) in [6, 6.07) is 9.77. The van der Waals surface area contributed by atoms with Crippen LogP contribution in [0.2, 0.25) is 0 Å². The third kappa shape index (κ3) is 2.86. The van der Waals surface area contributed by atoms with Crippen LogP contribution in [0.3, 0.4) is 0 Å². The van der Waals surface area contributed by atoms with Crippen LogP contribution in [0.5, 0.6) is 0 Å². The summed E-state index contributed by atoms with van der Waals surface area (Å²) in [6.07, 6.45) is 2.22. The molecule has 0 aliphatic carbocycles. The van der Waals surface area contributed by atoms with Crippen LogP contribution >= 0.6 is 0 Å². The van der Waals surface area contributed by atoms with Gasteiger partial charge in [-0.05, 0) is 12.5 Å². The van der Waals surface area contributed by atoms with E-state index in [0.29, 0.717) is 18.5 Å². The minimum absolute atomic E-state index is 0.120. The lowest BCUT2D eigenvalue weighted by atomic mass is 10.1. The molecule has 0 saturated heterocycles. The highest BCUT2D eigenvalue weighted by atomic mass is 16.4. The number of carbonyl (C=O) groups is 1. The van der Waals surface area contributed by atoms with Gasteiger partial charge >= 0.3 is 5.97 Å². The summed E-state index contributed by atoms with van der Waals surface area (Å²) in [7, 11) is 1.87. The summed E-state index contributed by atoms with van der Waals surface area (Å²) in [5.41, 5.74) is 2.14. The van der Waals surface area contributed by atoms with Crippen LogP contribution in [0.15, 0.2) is 30.5 Å². The van der Waals surface area contributed by atoms with E-state index in [-0.39, 0.29) is 6.42 Å². The van der Waals surface area contributed by atoms with E-state index in [4.69, 9.17) is 5.11 Å². The number of aromatic nitrogens is 1. The molecule has 0 bridgehead atoms. The van der Waals surface area contributed by atoms with Crippen molar-refractivity contribution in [3.05, 3.63) is 36.0 Å². The lowest BCUT2D eigenvalue weighted by Gasteiger charge is -2.21. The van der Waals surface area contributed by atoms with Gasteiger partial charge in [0.05, 0.1) is 16.8 Å². The number of pyridine rings is 1. The summed E-state index contributed by atoms with van der Waals surface area (Å²) < 4.78 is 0. The second-order valence-electron chi connectivity index (χ2n) is 4.57. The first kappa shape index (κ1) is 13.8. The first-order valence-electron chi connectivity index (χ1n) is 6.34. The lowest BCUT2D eigenvalue weighted by Crippen LogP contribution is -2.20. The molecule has 0 aliphatic rings. The van der Waals surface area contributed by atoms with Crippen molar-refractivity contribution in [3.8, 4) is 6.07 Å². The molecule has 2 rings (SSSR count). The molecule has 1 N–H and O–H groups in total. The number of nitrogens with zero attached hydrogens (tertiary/aromatic N) is 3. The van der Waals surface area contributed by atoms with Gasteiger partial charge in [0.25, 0.3) is 0 Å². The fourth-order valence-corrected chi connectivity index (χ4v) is 2.20. The number of hydrogen-bond acceptors (Lipinski definition) is 4. The van der Waals surface area contributed by atoms with Crippen LogP contribution in [0.4, 0.5) is 5.69 Å². The fraction of sp³-hybridized carbons (Fsp3) is 0.267. The van der Waals surface area contributed by atoms with Crippen molar-refractivity contribution in [1.82, 2.24) is 4.98 Å². The van der Waals surface area contributed by atoms with Gasteiger partial charge in [0.1, 0.15) is 6.07 Å². The molecule has 20 heavy (non-hydrogen) atoms. The molecule has 0 amide bonds. The van der Waals surface area contributed by atoms with Gasteiger partial charge in [-0.2, -0.15) is 5.26 Å². The molecule has 0 radical (unpaired) electrons. The largest absolute Gasteiger partial charge is 0.481 e. The SMILES string of the molecule is CN(CCCC(=O)O)c1c(C#N)cnc2ccccc12. The first-order valence-corrected chi connectivity index (χ1v) is 6.34. The maximum atomic E-state index is 10.6. The van der Waals surface area contributed by atoms with Crippen LogP contribution in [0, 0.1) is 11.3 Å². The number of carboxylic acids is 1. The Labute approximate surface area is 117 Å². The summed E-state index contributed by atoms with van der Waals surface area (Å²) >= 11 is 0. The molecule has 1 heterocycles. The molecular formula is C15H15N3O2. The monoisotopic (exact) mass is 269 g/mol. The van der Waals surface area contributed by atoms with Gasteiger partial charge in [-0.1, -0.05) is 18.2 Å². The minimum atomic E-state index is -0.807. The first-order chi connectivity index (χ1) is 9.63. The van der Waals surface area contributed by atoms with Gasteiger partial charge in [0, 0.05) is 31.6 Å². The molecule has 0 fully saturated rings. The number of para-hydroxylation sites is 1. The van der Waals surface area contributed by atoms with E-state index in [2.05, 4.69) is 11.1 Å². The zero-order valence-corrected chi connectivity index (χ0v) is 11.2. The van der Waals surface area contributed by atoms with Crippen molar-refractivity contribution in [3.63, 3.8) is 0 Å². The Kier molecular flexibility index (Phi) is 4.16. The van der Waals surface area contributed by atoms with Crippen LogP contribution < -0.4 is 4.90 Å². The van der Waals surface area contributed by atoms with Crippen molar-refractivity contribution in [1.29, 1.82) is 5.26 Å². The highest BCUT2D eigenvalue weighted by molar-refractivity contribution is 5.94. The van der Waals surface area contributed by atoms with E-state index < -0.39 is 5.97 Å². The predicted molar refractivity (Wildman–Crippen MR) is 76.6 cm³/mol. The summed E-state index contributed by atoms with van der Waals surface area (Å²) in [4.78, 5) is 16.8. The van der Waals surface area contributed by atoms with Crippen molar-refractivity contribution in [2.45, 2.75) is 12.8 Å². The van der Waals surface area contributed by atoms with Crippen molar-refractivity contribution in [2.24, 2.45) is 0 Å². The van der Waals surface area contributed by atoms with Crippen LogP contribution in [-0.2, 0) is 4.79 Å². The molecule has 0 unspecified atom stereocenters. The third-order valence-electron chi connectivity index (χ3n) is 3.13. The van der Waals surface area contributed by atoms with Gasteiger partial charge in [0.15, 0.2) is 0 Å². The highest BCUT2D eigenvalue weighted by Gasteiger charge is 2.12. The molecule has 5 heteroatoms. The third-order valence-corrected chi connectivity index (χ3v) is 3.13. The van der Waals surface area contributed by atoms with E-state index in [1.54, 1.807) is 6.20 Å². The normalized spacial score (nSPS) is 10.2. The second kappa shape index (κ2) is 6.02. The molecule has 1 aromatic carbocycles. The Balaban J connectivity index is 2.36. The topological polar surface area (TPSA) is 77.2 Å².